The summed E-state index contributed by atoms with van der Waals surface area (Å²) in [6.07, 6.45) is 6.49. The molecular formula is C11H13N. The lowest BCUT2D eigenvalue weighted by Gasteiger charge is -1.98. The fourth-order valence-electron chi connectivity index (χ4n) is 1.14. The second-order valence-electron chi connectivity index (χ2n) is 3.48. The Morgan fingerprint density at radius 1 is 1.17 bits per heavy atom. The molecule has 0 heterocycles. The number of hydrogen-bond donors (Lipinski definition) is 1. The molecule has 1 aromatic carbocycles. The lowest BCUT2D eigenvalue weighted by molar-refractivity contribution is 0.860. The third kappa shape index (κ3) is 1.74. The van der Waals surface area contributed by atoms with Crippen LogP contribution in [-0.2, 0) is 0 Å². The minimum atomic E-state index is 0.0237. The highest BCUT2D eigenvalue weighted by molar-refractivity contribution is 5.51. The first kappa shape index (κ1) is 7.56. The van der Waals surface area contributed by atoms with Gasteiger partial charge in [-0.1, -0.05) is 42.5 Å². The Balaban J connectivity index is 2.08. The van der Waals surface area contributed by atoms with E-state index in [4.69, 9.17) is 5.73 Å². The van der Waals surface area contributed by atoms with E-state index in [1.165, 1.54) is 5.56 Å². The molecule has 62 valence electrons. The van der Waals surface area contributed by atoms with Crippen LogP contribution in [0.25, 0.3) is 6.08 Å². The number of hydrogen-bond acceptors (Lipinski definition) is 1. The molecule has 1 saturated carbocycles. The number of nitrogens with two attached hydrogens (primary N) is 1. The van der Waals surface area contributed by atoms with Gasteiger partial charge >= 0.3 is 0 Å². The molecule has 0 spiro atoms. The van der Waals surface area contributed by atoms with Crippen LogP contribution in [-0.4, -0.2) is 5.54 Å². The van der Waals surface area contributed by atoms with E-state index in [1.807, 2.05) is 18.2 Å². The van der Waals surface area contributed by atoms with E-state index in [-0.39, 0.29) is 5.54 Å². The zero-order valence-electron chi connectivity index (χ0n) is 7.03. The Hall–Kier alpha value is -1.08. The summed E-state index contributed by atoms with van der Waals surface area (Å²) < 4.78 is 0. The molecule has 0 unspecified atom stereocenters. The van der Waals surface area contributed by atoms with Gasteiger partial charge in [0.15, 0.2) is 0 Å². The lowest BCUT2D eigenvalue weighted by Crippen LogP contribution is -2.17. The summed E-state index contributed by atoms with van der Waals surface area (Å²) >= 11 is 0. The molecule has 2 N–H and O–H groups in total. The monoisotopic (exact) mass is 159 g/mol. The van der Waals surface area contributed by atoms with Crippen LogP contribution in [0.2, 0.25) is 0 Å². The standard InChI is InChI=1S/C11H13N/c12-11(8-9-11)7-6-10-4-2-1-3-5-10/h1-7H,8-9,12H2/b7-6-. The van der Waals surface area contributed by atoms with Crippen LogP contribution in [0.15, 0.2) is 36.4 Å². The van der Waals surface area contributed by atoms with E-state index in [1.54, 1.807) is 0 Å². The van der Waals surface area contributed by atoms with Crippen molar-refractivity contribution in [3.8, 4) is 0 Å². The Kier molecular flexibility index (Phi) is 1.74. The molecule has 0 aliphatic heterocycles. The molecule has 1 fully saturated rings. The van der Waals surface area contributed by atoms with Gasteiger partial charge in [-0.15, -0.1) is 0 Å². The van der Waals surface area contributed by atoms with E-state index in [0.717, 1.165) is 12.8 Å². The van der Waals surface area contributed by atoms with Gasteiger partial charge in [-0.25, -0.2) is 0 Å². The summed E-state index contributed by atoms with van der Waals surface area (Å²) in [5, 5.41) is 0. The highest BCUT2D eigenvalue weighted by Crippen LogP contribution is 2.33. The van der Waals surface area contributed by atoms with Gasteiger partial charge in [0.1, 0.15) is 0 Å². The third-order valence-electron chi connectivity index (χ3n) is 2.23. The molecule has 12 heavy (non-hydrogen) atoms. The van der Waals surface area contributed by atoms with Gasteiger partial charge in [0.2, 0.25) is 0 Å². The maximum Gasteiger partial charge on any atom is 0.0343 e. The van der Waals surface area contributed by atoms with E-state index in [9.17, 15) is 0 Å². The SMILES string of the molecule is NC1(/C=C\c2ccccc2)CC1. The van der Waals surface area contributed by atoms with Gasteiger partial charge in [-0.05, 0) is 18.4 Å². The molecule has 1 aromatic rings. The molecule has 0 saturated heterocycles. The van der Waals surface area contributed by atoms with Gasteiger partial charge in [-0.3, -0.25) is 0 Å². The van der Waals surface area contributed by atoms with Crippen molar-refractivity contribution in [3.05, 3.63) is 42.0 Å². The number of benzene rings is 1. The Bertz CT molecular complexity index is 283. The van der Waals surface area contributed by atoms with Crippen molar-refractivity contribution >= 4 is 6.08 Å². The summed E-state index contributed by atoms with van der Waals surface area (Å²) in [6, 6.07) is 10.3. The van der Waals surface area contributed by atoms with Crippen LogP contribution in [0.5, 0.6) is 0 Å². The first-order valence-electron chi connectivity index (χ1n) is 4.32. The predicted molar refractivity (Wildman–Crippen MR) is 51.6 cm³/mol. The Morgan fingerprint density at radius 3 is 2.42 bits per heavy atom. The molecule has 0 radical (unpaired) electrons. The minimum Gasteiger partial charge on any atom is -0.322 e. The van der Waals surface area contributed by atoms with Crippen LogP contribution in [0.3, 0.4) is 0 Å². The Morgan fingerprint density at radius 2 is 1.83 bits per heavy atom. The van der Waals surface area contributed by atoms with E-state index in [2.05, 4.69) is 24.3 Å². The van der Waals surface area contributed by atoms with Gasteiger partial charge in [0, 0.05) is 5.54 Å². The third-order valence-corrected chi connectivity index (χ3v) is 2.23. The Labute approximate surface area is 72.9 Å². The smallest absolute Gasteiger partial charge is 0.0343 e. The molecule has 1 aliphatic rings. The first-order chi connectivity index (χ1) is 5.79. The summed E-state index contributed by atoms with van der Waals surface area (Å²) in [6.45, 7) is 0. The second kappa shape index (κ2) is 2.76. The average molecular weight is 159 g/mol. The largest absolute Gasteiger partial charge is 0.322 e. The zero-order chi connectivity index (χ0) is 8.44. The molecule has 1 nitrogen and oxygen atoms in total. The zero-order valence-corrected chi connectivity index (χ0v) is 7.03. The van der Waals surface area contributed by atoms with E-state index in [0.29, 0.717) is 0 Å². The van der Waals surface area contributed by atoms with Crippen molar-refractivity contribution < 1.29 is 0 Å². The number of rotatable bonds is 2. The highest BCUT2D eigenvalue weighted by atomic mass is 14.8. The van der Waals surface area contributed by atoms with Crippen LogP contribution in [0.1, 0.15) is 18.4 Å². The van der Waals surface area contributed by atoms with Gasteiger partial charge < -0.3 is 5.73 Å². The van der Waals surface area contributed by atoms with Crippen molar-refractivity contribution in [1.82, 2.24) is 0 Å². The molecule has 0 aromatic heterocycles. The summed E-state index contributed by atoms with van der Waals surface area (Å²) in [4.78, 5) is 0. The topological polar surface area (TPSA) is 26.0 Å². The fraction of sp³-hybridized carbons (Fsp3) is 0.273. The average Bonchev–Trinajstić information content (AvgIpc) is 2.84. The summed E-state index contributed by atoms with van der Waals surface area (Å²) in [7, 11) is 0. The van der Waals surface area contributed by atoms with Crippen LogP contribution < -0.4 is 5.73 Å². The normalized spacial score (nSPS) is 19.8. The van der Waals surface area contributed by atoms with Gasteiger partial charge in [-0.2, -0.15) is 0 Å². The lowest BCUT2D eigenvalue weighted by atomic mass is 10.1. The molecule has 1 aliphatic carbocycles. The van der Waals surface area contributed by atoms with Gasteiger partial charge in [0.25, 0.3) is 0 Å². The first-order valence-corrected chi connectivity index (χ1v) is 4.32. The highest BCUT2D eigenvalue weighted by Gasteiger charge is 2.34. The van der Waals surface area contributed by atoms with E-state index < -0.39 is 0 Å². The van der Waals surface area contributed by atoms with Crippen molar-refractivity contribution in [1.29, 1.82) is 0 Å². The van der Waals surface area contributed by atoms with Crippen molar-refractivity contribution in [2.75, 3.05) is 0 Å². The van der Waals surface area contributed by atoms with Crippen molar-refractivity contribution in [2.45, 2.75) is 18.4 Å². The summed E-state index contributed by atoms with van der Waals surface area (Å²) in [5.41, 5.74) is 7.16. The molecule has 2 rings (SSSR count). The molecular weight excluding hydrogens is 146 g/mol. The second-order valence-corrected chi connectivity index (χ2v) is 3.48. The van der Waals surface area contributed by atoms with Crippen LogP contribution >= 0.6 is 0 Å². The summed E-state index contributed by atoms with van der Waals surface area (Å²) in [5.74, 6) is 0. The fourth-order valence-corrected chi connectivity index (χ4v) is 1.14. The van der Waals surface area contributed by atoms with Crippen LogP contribution in [0.4, 0.5) is 0 Å². The van der Waals surface area contributed by atoms with Crippen LogP contribution in [0, 0.1) is 0 Å². The predicted octanol–water partition coefficient (Wildman–Crippen LogP) is 2.19. The van der Waals surface area contributed by atoms with Gasteiger partial charge in [0.05, 0.1) is 0 Å². The van der Waals surface area contributed by atoms with E-state index >= 15 is 0 Å². The maximum absolute atomic E-state index is 5.91. The maximum atomic E-state index is 5.91. The molecule has 1 heteroatoms. The van der Waals surface area contributed by atoms with Crippen molar-refractivity contribution in [3.63, 3.8) is 0 Å². The molecule has 0 amide bonds. The molecule has 0 atom stereocenters. The molecule has 0 bridgehead atoms. The quantitative estimate of drug-likeness (QED) is 0.703. The van der Waals surface area contributed by atoms with Crippen molar-refractivity contribution in [2.24, 2.45) is 5.73 Å². The minimum absolute atomic E-state index is 0.0237.